The third-order valence-electron chi connectivity index (χ3n) is 9.97. The summed E-state index contributed by atoms with van der Waals surface area (Å²) < 4.78 is 2.38. The summed E-state index contributed by atoms with van der Waals surface area (Å²) >= 11 is 0. The lowest BCUT2D eigenvalue weighted by Gasteiger charge is -2.13. The highest BCUT2D eigenvalue weighted by Gasteiger charge is 2.21. The molecule has 2 heteroatoms. The Labute approximate surface area is 284 Å². The van der Waals surface area contributed by atoms with Crippen LogP contribution in [0.3, 0.4) is 0 Å². The van der Waals surface area contributed by atoms with Crippen molar-refractivity contribution in [2.45, 2.75) is 0 Å². The summed E-state index contributed by atoms with van der Waals surface area (Å²) in [6.45, 7) is 0. The van der Waals surface area contributed by atoms with Gasteiger partial charge in [0.2, 0.25) is 0 Å². The van der Waals surface area contributed by atoms with E-state index in [0.29, 0.717) is 0 Å². The molecule has 0 N–H and O–H groups in total. The Balaban J connectivity index is 1.17. The molecule has 0 amide bonds. The van der Waals surface area contributed by atoms with Crippen molar-refractivity contribution in [1.29, 1.82) is 0 Å². The Morgan fingerprint density at radius 2 is 0.857 bits per heavy atom. The fourth-order valence-corrected chi connectivity index (χ4v) is 7.57. The van der Waals surface area contributed by atoms with Crippen molar-refractivity contribution in [3.05, 3.63) is 182 Å². The number of benzene rings is 8. The first-order valence-electron chi connectivity index (χ1n) is 16.8. The van der Waals surface area contributed by atoms with Crippen molar-refractivity contribution in [1.82, 2.24) is 9.38 Å². The molecule has 0 aliphatic rings. The molecule has 10 rings (SSSR count). The van der Waals surface area contributed by atoms with E-state index >= 15 is 0 Å². The number of fused-ring (bicyclic) bond motifs is 9. The smallest absolute Gasteiger partial charge is 0.146 e. The second-order valence-electron chi connectivity index (χ2n) is 12.8. The lowest BCUT2D eigenvalue weighted by molar-refractivity contribution is 1.27. The summed E-state index contributed by atoms with van der Waals surface area (Å²) in [6.07, 6.45) is 0. The fourth-order valence-electron chi connectivity index (χ4n) is 7.57. The van der Waals surface area contributed by atoms with Gasteiger partial charge in [-0.1, -0.05) is 170 Å². The van der Waals surface area contributed by atoms with Gasteiger partial charge in [-0.15, -0.1) is 0 Å². The number of nitrogens with zero attached hydrogens (tertiary/aromatic N) is 2. The molecule has 0 aliphatic carbocycles. The number of hydrogen-bond acceptors (Lipinski definition) is 1. The molecular weight excluding hydrogens is 593 g/mol. The number of pyridine rings is 1. The van der Waals surface area contributed by atoms with Crippen LogP contribution < -0.4 is 0 Å². The molecule has 0 radical (unpaired) electrons. The summed E-state index contributed by atoms with van der Waals surface area (Å²) in [5, 5.41) is 8.67. The van der Waals surface area contributed by atoms with Gasteiger partial charge in [-0.3, -0.25) is 4.40 Å². The second-order valence-corrected chi connectivity index (χ2v) is 12.8. The van der Waals surface area contributed by atoms with E-state index in [1.165, 1.54) is 54.6 Å². The molecule has 0 fully saturated rings. The normalized spacial score (nSPS) is 11.7. The van der Waals surface area contributed by atoms with Crippen LogP contribution in [-0.2, 0) is 0 Å². The molecule has 0 spiro atoms. The molecule has 2 aromatic heterocycles. The second kappa shape index (κ2) is 11.0. The van der Waals surface area contributed by atoms with Gasteiger partial charge in [0.25, 0.3) is 0 Å². The van der Waals surface area contributed by atoms with Crippen LogP contribution >= 0.6 is 0 Å². The first-order valence-corrected chi connectivity index (χ1v) is 16.8. The maximum atomic E-state index is 5.39. The summed E-state index contributed by atoms with van der Waals surface area (Å²) in [5.74, 6) is 0. The third kappa shape index (κ3) is 4.46. The van der Waals surface area contributed by atoms with Crippen LogP contribution in [0.1, 0.15) is 0 Å². The highest BCUT2D eigenvalue weighted by Crippen LogP contribution is 2.40. The lowest BCUT2D eigenvalue weighted by atomic mass is 9.95. The third-order valence-corrected chi connectivity index (χ3v) is 9.97. The van der Waals surface area contributed by atoms with E-state index in [-0.39, 0.29) is 0 Å². The Hall–Kier alpha value is -6.51. The highest BCUT2D eigenvalue weighted by molar-refractivity contribution is 6.14. The van der Waals surface area contributed by atoms with E-state index in [0.717, 1.165) is 39.1 Å². The van der Waals surface area contributed by atoms with Crippen molar-refractivity contribution >= 4 is 48.9 Å². The monoisotopic (exact) mass is 622 g/mol. The molecule has 2 heterocycles. The average Bonchev–Trinajstić information content (AvgIpc) is 3.60. The Kier molecular flexibility index (Phi) is 6.22. The van der Waals surface area contributed by atoms with E-state index in [9.17, 15) is 0 Å². The molecule has 2 nitrogen and oxygen atoms in total. The zero-order valence-electron chi connectivity index (χ0n) is 26.7. The van der Waals surface area contributed by atoms with Gasteiger partial charge in [-0.05, 0) is 61.3 Å². The largest absolute Gasteiger partial charge is 0.291 e. The average molecular weight is 623 g/mol. The van der Waals surface area contributed by atoms with Crippen LogP contribution in [0.5, 0.6) is 0 Å². The van der Waals surface area contributed by atoms with Crippen LogP contribution in [-0.4, -0.2) is 9.38 Å². The number of imidazole rings is 1. The number of aromatic nitrogens is 2. The maximum Gasteiger partial charge on any atom is 0.146 e. The van der Waals surface area contributed by atoms with Crippen LogP contribution in [0.25, 0.3) is 93.6 Å². The van der Waals surface area contributed by atoms with Crippen molar-refractivity contribution in [3.63, 3.8) is 0 Å². The molecule has 0 unspecified atom stereocenters. The van der Waals surface area contributed by atoms with E-state index in [4.69, 9.17) is 4.98 Å². The zero-order valence-corrected chi connectivity index (χ0v) is 26.7. The molecule has 0 saturated carbocycles. The predicted octanol–water partition coefficient (Wildman–Crippen LogP) is 12.6. The summed E-state index contributed by atoms with van der Waals surface area (Å²) in [7, 11) is 0. The van der Waals surface area contributed by atoms with E-state index in [1.807, 2.05) is 0 Å². The van der Waals surface area contributed by atoms with Gasteiger partial charge >= 0.3 is 0 Å². The summed E-state index contributed by atoms with van der Waals surface area (Å²) in [5.41, 5.74) is 11.2. The predicted molar refractivity (Wildman–Crippen MR) is 207 cm³/mol. The van der Waals surface area contributed by atoms with Crippen molar-refractivity contribution in [2.24, 2.45) is 0 Å². The Morgan fingerprint density at radius 3 is 1.59 bits per heavy atom. The van der Waals surface area contributed by atoms with E-state index < -0.39 is 0 Å². The van der Waals surface area contributed by atoms with Gasteiger partial charge in [0.1, 0.15) is 5.65 Å². The Bertz CT molecular complexity index is 2850. The van der Waals surface area contributed by atoms with Crippen molar-refractivity contribution in [2.75, 3.05) is 0 Å². The SMILES string of the molecule is c1ccc(-c2nc3c4ccccc4c4ccc(-c5ccc(-c6ccc7ccc8ccccc8c7c6)cc5)cc4n3c2-c2ccccc2)cc1. The van der Waals surface area contributed by atoms with Gasteiger partial charge < -0.3 is 0 Å². The molecule has 0 bridgehead atoms. The minimum atomic E-state index is 0.970. The molecule has 49 heavy (non-hydrogen) atoms. The van der Waals surface area contributed by atoms with Gasteiger partial charge in [-0.2, -0.15) is 0 Å². The number of rotatable bonds is 4. The molecule has 0 saturated heterocycles. The van der Waals surface area contributed by atoms with Crippen molar-refractivity contribution in [3.8, 4) is 44.8 Å². The van der Waals surface area contributed by atoms with Gasteiger partial charge in [-0.25, -0.2) is 4.98 Å². The van der Waals surface area contributed by atoms with Gasteiger partial charge in [0.15, 0.2) is 0 Å². The summed E-state index contributed by atoms with van der Waals surface area (Å²) in [6, 6.07) is 65.6. The molecule has 8 aromatic carbocycles. The molecule has 0 aliphatic heterocycles. The first-order chi connectivity index (χ1) is 24.3. The van der Waals surface area contributed by atoms with Crippen LogP contribution in [0.4, 0.5) is 0 Å². The van der Waals surface area contributed by atoms with Crippen molar-refractivity contribution < 1.29 is 0 Å². The molecule has 228 valence electrons. The van der Waals surface area contributed by atoms with Crippen LogP contribution in [0.15, 0.2) is 182 Å². The topological polar surface area (TPSA) is 17.3 Å². The standard InChI is InChI=1S/C47H30N2/c1-3-12-35(13-4-1)45-46(36-14-5-2-6-15-36)49-44-30-38(27-28-41(44)40-17-9-10-18-42(40)47(49)48-45)32-21-19-31(20-22-32)37-26-25-34-24-23-33-11-7-8-16-39(33)43(34)29-37/h1-30H. The number of hydrogen-bond donors (Lipinski definition) is 0. The molecular formula is C47H30N2. The lowest BCUT2D eigenvalue weighted by Crippen LogP contribution is -1.95. The zero-order chi connectivity index (χ0) is 32.3. The maximum absolute atomic E-state index is 5.39. The fraction of sp³-hybridized carbons (Fsp3) is 0. The van der Waals surface area contributed by atoms with Crippen LogP contribution in [0.2, 0.25) is 0 Å². The molecule has 0 atom stereocenters. The van der Waals surface area contributed by atoms with Gasteiger partial charge in [0, 0.05) is 21.9 Å². The van der Waals surface area contributed by atoms with E-state index in [2.05, 4.69) is 186 Å². The first kappa shape index (κ1) is 27.6. The molecule has 10 aromatic rings. The quantitative estimate of drug-likeness (QED) is 0.179. The minimum Gasteiger partial charge on any atom is -0.291 e. The Morgan fingerprint density at radius 1 is 0.327 bits per heavy atom. The highest BCUT2D eigenvalue weighted by atomic mass is 15.0. The van der Waals surface area contributed by atoms with Crippen LogP contribution in [0, 0.1) is 0 Å². The van der Waals surface area contributed by atoms with Gasteiger partial charge in [0.05, 0.1) is 16.9 Å². The van der Waals surface area contributed by atoms with E-state index in [1.54, 1.807) is 0 Å². The summed E-state index contributed by atoms with van der Waals surface area (Å²) in [4.78, 5) is 5.39. The minimum absolute atomic E-state index is 0.970.